The Kier molecular flexibility index (Phi) is 9.77. The molecule has 0 aliphatic carbocycles. The zero-order chi connectivity index (χ0) is 29.3. The van der Waals surface area contributed by atoms with E-state index in [1.54, 1.807) is 0 Å². The van der Waals surface area contributed by atoms with E-state index in [0.717, 1.165) is 43.5 Å². The summed E-state index contributed by atoms with van der Waals surface area (Å²) in [6.07, 6.45) is 8.70. The molecule has 5 rings (SSSR count). The van der Waals surface area contributed by atoms with E-state index < -0.39 is 0 Å². The lowest BCUT2D eigenvalue weighted by atomic mass is 9.91. The molecule has 0 radical (unpaired) electrons. The maximum Gasteiger partial charge on any atom is 0.0314 e. The van der Waals surface area contributed by atoms with Crippen LogP contribution in [0.1, 0.15) is 81.8 Å². The molecule has 0 aliphatic rings. The lowest BCUT2D eigenvalue weighted by Gasteiger charge is -2.14. The van der Waals surface area contributed by atoms with E-state index in [0.29, 0.717) is 0 Å². The SMILES string of the molecule is CCCCCc1cc(Cc2ccc(N)cc2)ccc1Cc1ccc(Cc2ccc(Cc3ccc(N)cc3)cc2)c(C)c1. The highest BCUT2D eigenvalue weighted by molar-refractivity contribution is 5.44. The van der Waals surface area contributed by atoms with E-state index in [1.165, 1.54) is 74.9 Å². The van der Waals surface area contributed by atoms with Crippen LogP contribution in [0.3, 0.4) is 0 Å². The minimum atomic E-state index is 0.811. The summed E-state index contributed by atoms with van der Waals surface area (Å²) in [5, 5.41) is 0. The van der Waals surface area contributed by atoms with E-state index >= 15 is 0 Å². The topological polar surface area (TPSA) is 52.0 Å². The van der Waals surface area contributed by atoms with Crippen LogP contribution >= 0.6 is 0 Å². The Hall–Kier alpha value is -4.30. The number of unbranched alkanes of at least 4 members (excludes halogenated alkanes) is 2. The Morgan fingerprint density at radius 3 is 1.40 bits per heavy atom. The average Bonchev–Trinajstić information content (AvgIpc) is 2.99. The molecule has 0 amide bonds. The Labute approximate surface area is 252 Å². The fourth-order valence-electron chi connectivity index (χ4n) is 5.78. The minimum Gasteiger partial charge on any atom is -0.399 e. The molecule has 0 unspecified atom stereocenters. The van der Waals surface area contributed by atoms with E-state index in [-0.39, 0.29) is 0 Å². The summed E-state index contributed by atoms with van der Waals surface area (Å²) >= 11 is 0. The van der Waals surface area contributed by atoms with Crippen LogP contribution in [0.2, 0.25) is 0 Å². The van der Waals surface area contributed by atoms with Crippen molar-refractivity contribution in [3.8, 4) is 0 Å². The highest BCUT2D eigenvalue weighted by Gasteiger charge is 2.09. The summed E-state index contributed by atoms with van der Waals surface area (Å²) in [4.78, 5) is 0. The maximum atomic E-state index is 5.89. The first-order valence-corrected chi connectivity index (χ1v) is 15.4. The number of anilines is 2. The van der Waals surface area contributed by atoms with Crippen molar-refractivity contribution in [1.82, 2.24) is 0 Å². The predicted molar refractivity (Wildman–Crippen MR) is 180 cm³/mol. The zero-order valence-electron chi connectivity index (χ0n) is 25.2. The van der Waals surface area contributed by atoms with Crippen molar-refractivity contribution in [3.63, 3.8) is 0 Å². The van der Waals surface area contributed by atoms with Crippen LogP contribution in [0.4, 0.5) is 11.4 Å². The van der Waals surface area contributed by atoms with E-state index in [2.05, 4.69) is 98.8 Å². The minimum absolute atomic E-state index is 0.811. The van der Waals surface area contributed by atoms with Gasteiger partial charge in [-0.1, -0.05) is 105 Å². The smallest absolute Gasteiger partial charge is 0.0314 e. The van der Waals surface area contributed by atoms with Gasteiger partial charge in [0.1, 0.15) is 0 Å². The van der Waals surface area contributed by atoms with Gasteiger partial charge < -0.3 is 11.5 Å². The summed E-state index contributed by atoms with van der Waals surface area (Å²) in [6, 6.07) is 39.7. The monoisotopic (exact) mass is 552 g/mol. The van der Waals surface area contributed by atoms with Crippen LogP contribution in [-0.4, -0.2) is 0 Å². The van der Waals surface area contributed by atoms with Gasteiger partial charge in [0.15, 0.2) is 0 Å². The second-order valence-electron chi connectivity index (χ2n) is 11.8. The molecule has 2 heteroatoms. The van der Waals surface area contributed by atoms with E-state index in [9.17, 15) is 0 Å². The molecule has 42 heavy (non-hydrogen) atoms. The molecule has 5 aromatic rings. The number of benzene rings is 5. The van der Waals surface area contributed by atoms with Gasteiger partial charge in [0.25, 0.3) is 0 Å². The van der Waals surface area contributed by atoms with Gasteiger partial charge in [-0.25, -0.2) is 0 Å². The molecule has 0 spiro atoms. The van der Waals surface area contributed by atoms with Crippen LogP contribution in [0.25, 0.3) is 0 Å². The van der Waals surface area contributed by atoms with Crippen LogP contribution < -0.4 is 11.5 Å². The van der Waals surface area contributed by atoms with Crippen molar-refractivity contribution >= 4 is 11.4 Å². The third-order valence-electron chi connectivity index (χ3n) is 8.32. The third-order valence-corrected chi connectivity index (χ3v) is 8.32. The molecular formula is C40H44N2. The highest BCUT2D eigenvalue weighted by Crippen LogP contribution is 2.24. The summed E-state index contributed by atoms with van der Waals surface area (Å²) in [6.45, 7) is 4.53. The number of aryl methyl sites for hydroxylation is 2. The van der Waals surface area contributed by atoms with Gasteiger partial charge in [-0.05, 0) is 125 Å². The maximum absolute atomic E-state index is 5.89. The second-order valence-corrected chi connectivity index (χ2v) is 11.8. The third kappa shape index (κ3) is 8.13. The van der Waals surface area contributed by atoms with Gasteiger partial charge in [0.2, 0.25) is 0 Å². The lowest BCUT2D eigenvalue weighted by molar-refractivity contribution is 0.713. The molecule has 0 atom stereocenters. The highest BCUT2D eigenvalue weighted by atomic mass is 14.5. The molecule has 0 bridgehead atoms. The quantitative estimate of drug-likeness (QED) is 0.120. The van der Waals surface area contributed by atoms with Crippen molar-refractivity contribution in [2.75, 3.05) is 11.5 Å². The molecular weight excluding hydrogens is 508 g/mol. The van der Waals surface area contributed by atoms with Gasteiger partial charge in [-0.2, -0.15) is 0 Å². The van der Waals surface area contributed by atoms with Gasteiger partial charge in [-0.15, -0.1) is 0 Å². The fraction of sp³-hybridized carbons (Fsp3) is 0.250. The number of hydrogen-bond donors (Lipinski definition) is 2. The molecule has 0 aliphatic heterocycles. The van der Waals surface area contributed by atoms with Gasteiger partial charge in [0, 0.05) is 11.4 Å². The Morgan fingerprint density at radius 2 is 0.857 bits per heavy atom. The summed E-state index contributed by atoms with van der Waals surface area (Å²) < 4.78 is 0. The van der Waals surface area contributed by atoms with Crippen molar-refractivity contribution in [2.24, 2.45) is 0 Å². The molecule has 0 saturated heterocycles. The van der Waals surface area contributed by atoms with Crippen LogP contribution in [-0.2, 0) is 32.1 Å². The zero-order valence-corrected chi connectivity index (χ0v) is 25.2. The van der Waals surface area contributed by atoms with Gasteiger partial charge in [-0.3, -0.25) is 0 Å². The Balaban J connectivity index is 1.26. The number of nitrogen functional groups attached to an aromatic ring is 2. The molecule has 214 valence electrons. The fourth-order valence-corrected chi connectivity index (χ4v) is 5.78. The largest absolute Gasteiger partial charge is 0.399 e. The van der Waals surface area contributed by atoms with Crippen molar-refractivity contribution in [1.29, 1.82) is 0 Å². The van der Waals surface area contributed by atoms with Crippen molar-refractivity contribution in [2.45, 2.75) is 65.2 Å². The Morgan fingerprint density at radius 1 is 0.429 bits per heavy atom. The first-order valence-electron chi connectivity index (χ1n) is 15.4. The molecule has 0 heterocycles. The lowest BCUT2D eigenvalue weighted by Crippen LogP contribution is -2.01. The van der Waals surface area contributed by atoms with Crippen LogP contribution in [0, 0.1) is 6.92 Å². The summed E-state index contributed by atoms with van der Waals surface area (Å²) in [5.74, 6) is 0. The van der Waals surface area contributed by atoms with E-state index in [1.807, 2.05) is 24.3 Å². The molecule has 4 N–H and O–H groups in total. The standard InChI is InChI=1S/C40H44N2/c1-3-4-5-6-37-28-35(25-32-15-21-40(42)22-16-32)12-18-38(37)27-34-11-17-36(29(2)23-34)26-33-9-7-30(8-10-33)24-31-13-19-39(41)20-14-31/h7-23,28H,3-6,24-27,41-42H2,1-2H3. The predicted octanol–water partition coefficient (Wildman–Crippen LogP) is 9.26. The molecule has 0 fully saturated rings. The van der Waals surface area contributed by atoms with Crippen molar-refractivity contribution in [3.05, 3.63) is 165 Å². The molecule has 5 aromatic carbocycles. The molecule has 0 saturated carbocycles. The first-order chi connectivity index (χ1) is 20.4. The number of rotatable bonds is 12. The molecule has 0 aromatic heterocycles. The van der Waals surface area contributed by atoms with Crippen LogP contribution in [0.15, 0.2) is 109 Å². The summed E-state index contributed by atoms with van der Waals surface area (Å²) in [5.41, 5.74) is 27.1. The number of nitrogens with two attached hydrogens (primary N) is 2. The van der Waals surface area contributed by atoms with Gasteiger partial charge >= 0.3 is 0 Å². The Bertz CT molecular complexity index is 1580. The molecule has 2 nitrogen and oxygen atoms in total. The second kappa shape index (κ2) is 14.0. The van der Waals surface area contributed by atoms with E-state index in [4.69, 9.17) is 11.5 Å². The van der Waals surface area contributed by atoms with Gasteiger partial charge in [0.05, 0.1) is 0 Å². The summed E-state index contributed by atoms with van der Waals surface area (Å²) in [7, 11) is 0. The first kappa shape index (κ1) is 29.2. The van der Waals surface area contributed by atoms with Crippen LogP contribution in [0.5, 0.6) is 0 Å². The number of hydrogen-bond acceptors (Lipinski definition) is 2. The normalized spacial score (nSPS) is 11.1. The van der Waals surface area contributed by atoms with Crippen molar-refractivity contribution < 1.29 is 0 Å². The average molecular weight is 553 g/mol.